The van der Waals surface area contributed by atoms with Gasteiger partial charge in [-0.2, -0.15) is 0 Å². The standard InChI is InChI=1S/C9H13NO3/c1-7(12)8-3-4-9(13-8)10(2)5-6-11/h3-4,11H,5-6H2,1-2H3. The number of hydrogen-bond acceptors (Lipinski definition) is 4. The van der Waals surface area contributed by atoms with Crippen LogP contribution in [0.1, 0.15) is 17.5 Å². The summed E-state index contributed by atoms with van der Waals surface area (Å²) in [5.41, 5.74) is 0. The average molecular weight is 183 g/mol. The summed E-state index contributed by atoms with van der Waals surface area (Å²) < 4.78 is 5.22. The van der Waals surface area contributed by atoms with Crippen molar-refractivity contribution in [3.8, 4) is 0 Å². The Labute approximate surface area is 76.8 Å². The van der Waals surface area contributed by atoms with Gasteiger partial charge in [0, 0.05) is 26.6 Å². The lowest BCUT2D eigenvalue weighted by Gasteiger charge is -2.13. The van der Waals surface area contributed by atoms with Gasteiger partial charge in [0.1, 0.15) is 0 Å². The molecule has 0 radical (unpaired) electrons. The summed E-state index contributed by atoms with van der Waals surface area (Å²) in [4.78, 5) is 12.6. The second-order valence-corrected chi connectivity index (χ2v) is 2.84. The van der Waals surface area contributed by atoms with Gasteiger partial charge in [-0.25, -0.2) is 0 Å². The second-order valence-electron chi connectivity index (χ2n) is 2.84. The highest BCUT2D eigenvalue weighted by Gasteiger charge is 2.08. The number of carbonyl (C=O) groups is 1. The molecule has 0 atom stereocenters. The van der Waals surface area contributed by atoms with Crippen molar-refractivity contribution in [3.05, 3.63) is 17.9 Å². The first-order chi connectivity index (χ1) is 6.15. The molecular formula is C9H13NO3. The van der Waals surface area contributed by atoms with Gasteiger partial charge >= 0.3 is 0 Å². The molecule has 4 nitrogen and oxygen atoms in total. The van der Waals surface area contributed by atoms with Gasteiger partial charge in [-0.15, -0.1) is 0 Å². The van der Waals surface area contributed by atoms with E-state index in [1.807, 2.05) is 0 Å². The van der Waals surface area contributed by atoms with Gasteiger partial charge in [0.25, 0.3) is 0 Å². The molecule has 0 amide bonds. The molecule has 1 heterocycles. The van der Waals surface area contributed by atoms with E-state index in [-0.39, 0.29) is 12.4 Å². The molecule has 0 aliphatic carbocycles. The number of hydrogen-bond donors (Lipinski definition) is 1. The summed E-state index contributed by atoms with van der Waals surface area (Å²) in [6.07, 6.45) is 0. The minimum atomic E-state index is -0.0938. The quantitative estimate of drug-likeness (QED) is 0.705. The van der Waals surface area contributed by atoms with Gasteiger partial charge in [0.2, 0.25) is 0 Å². The lowest BCUT2D eigenvalue weighted by molar-refractivity contribution is 0.0988. The van der Waals surface area contributed by atoms with Crippen LogP contribution in [0.25, 0.3) is 0 Å². The van der Waals surface area contributed by atoms with Gasteiger partial charge in [-0.3, -0.25) is 4.79 Å². The smallest absolute Gasteiger partial charge is 0.196 e. The predicted octanol–water partition coefficient (Wildman–Crippen LogP) is 0.911. The molecule has 0 aliphatic rings. The molecule has 0 saturated heterocycles. The Hall–Kier alpha value is -1.29. The fourth-order valence-corrected chi connectivity index (χ4v) is 0.982. The van der Waals surface area contributed by atoms with Crippen molar-refractivity contribution in [1.29, 1.82) is 0 Å². The molecule has 1 aromatic heterocycles. The summed E-state index contributed by atoms with van der Waals surface area (Å²) in [6.45, 7) is 2.01. The van der Waals surface area contributed by atoms with Crippen LogP contribution in [0.4, 0.5) is 5.88 Å². The Morgan fingerprint density at radius 1 is 1.62 bits per heavy atom. The van der Waals surface area contributed by atoms with E-state index in [4.69, 9.17) is 9.52 Å². The Morgan fingerprint density at radius 2 is 2.31 bits per heavy atom. The van der Waals surface area contributed by atoms with Crippen molar-refractivity contribution in [2.24, 2.45) is 0 Å². The number of rotatable bonds is 4. The largest absolute Gasteiger partial charge is 0.437 e. The van der Waals surface area contributed by atoms with Crippen molar-refractivity contribution in [1.82, 2.24) is 0 Å². The number of furan rings is 1. The number of carbonyl (C=O) groups excluding carboxylic acids is 1. The van der Waals surface area contributed by atoms with Gasteiger partial charge in [0.05, 0.1) is 6.61 Å². The molecule has 72 valence electrons. The molecule has 1 N–H and O–H groups in total. The number of aliphatic hydroxyl groups excluding tert-OH is 1. The highest BCUT2D eigenvalue weighted by molar-refractivity contribution is 5.91. The fourth-order valence-electron chi connectivity index (χ4n) is 0.982. The van der Waals surface area contributed by atoms with Crippen molar-refractivity contribution >= 4 is 11.7 Å². The Balaban J connectivity index is 2.73. The Morgan fingerprint density at radius 3 is 2.77 bits per heavy atom. The molecule has 0 saturated carbocycles. The minimum Gasteiger partial charge on any atom is -0.437 e. The van der Waals surface area contributed by atoms with Crippen LogP contribution in [0.3, 0.4) is 0 Å². The molecular weight excluding hydrogens is 170 g/mol. The number of aliphatic hydroxyl groups is 1. The molecule has 0 fully saturated rings. The first-order valence-electron chi connectivity index (χ1n) is 4.08. The topological polar surface area (TPSA) is 53.7 Å². The highest BCUT2D eigenvalue weighted by atomic mass is 16.4. The lowest BCUT2D eigenvalue weighted by Crippen LogP contribution is -2.20. The van der Waals surface area contributed by atoms with E-state index in [0.29, 0.717) is 18.2 Å². The molecule has 0 unspecified atom stereocenters. The van der Waals surface area contributed by atoms with Crippen LogP contribution < -0.4 is 4.90 Å². The predicted molar refractivity (Wildman–Crippen MR) is 49.1 cm³/mol. The molecule has 1 rings (SSSR count). The molecule has 1 aromatic rings. The van der Waals surface area contributed by atoms with Gasteiger partial charge < -0.3 is 14.4 Å². The van der Waals surface area contributed by atoms with E-state index in [2.05, 4.69) is 0 Å². The number of Topliss-reactive ketones (excluding diaryl/α,β-unsaturated/α-hetero) is 1. The van der Waals surface area contributed by atoms with Crippen molar-refractivity contribution in [2.75, 3.05) is 25.1 Å². The normalized spacial score (nSPS) is 10.1. The van der Waals surface area contributed by atoms with Crippen LogP contribution in [0.15, 0.2) is 16.5 Å². The highest BCUT2D eigenvalue weighted by Crippen LogP contribution is 2.16. The van der Waals surface area contributed by atoms with Crippen LogP contribution in [0, 0.1) is 0 Å². The van der Waals surface area contributed by atoms with Gasteiger partial charge in [-0.1, -0.05) is 0 Å². The number of likely N-dealkylation sites (N-methyl/N-ethyl adjacent to an activating group) is 1. The maximum absolute atomic E-state index is 10.9. The molecule has 13 heavy (non-hydrogen) atoms. The van der Waals surface area contributed by atoms with Crippen LogP contribution in [0.5, 0.6) is 0 Å². The zero-order chi connectivity index (χ0) is 9.84. The summed E-state index contributed by atoms with van der Waals surface area (Å²) in [5.74, 6) is 0.850. The van der Waals surface area contributed by atoms with E-state index in [1.54, 1.807) is 24.1 Å². The summed E-state index contributed by atoms with van der Waals surface area (Å²) in [7, 11) is 1.79. The minimum absolute atomic E-state index is 0.0621. The SMILES string of the molecule is CC(=O)c1ccc(N(C)CCO)o1. The van der Waals surface area contributed by atoms with Crippen LogP contribution in [-0.2, 0) is 0 Å². The molecule has 0 spiro atoms. The van der Waals surface area contributed by atoms with Crippen molar-refractivity contribution < 1.29 is 14.3 Å². The molecule has 0 aliphatic heterocycles. The zero-order valence-electron chi connectivity index (χ0n) is 7.78. The molecule has 0 aromatic carbocycles. The monoisotopic (exact) mass is 183 g/mol. The Bertz CT molecular complexity index is 293. The van der Waals surface area contributed by atoms with Crippen LogP contribution in [-0.4, -0.2) is 31.1 Å². The number of ketones is 1. The third-order valence-electron chi connectivity index (χ3n) is 1.75. The van der Waals surface area contributed by atoms with E-state index >= 15 is 0 Å². The van der Waals surface area contributed by atoms with E-state index in [1.165, 1.54) is 6.92 Å². The fraction of sp³-hybridized carbons (Fsp3) is 0.444. The number of anilines is 1. The summed E-state index contributed by atoms with van der Waals surface area (Å²) >= 11 is 0. The molecule has 0 bridgehead atoms. The number of nitrogens with zero attached hydrogens (tertiary/aromatic N) is 1. The Kier molecular flexibility index (Phi) is 3.08. The van der Waals surface area contributed by atoms with Crippen molar-refractivity contribution in [3.63, 3.8) is 0 Å². The van der Waals surface area contributed by atoms with Crippen LogP contribution in [0.2, 0.25) is 0 Å². The third kappa shape index (κ3) is 2.32. The summed E-state index contributed by atoms with van der Waals surface area (Å²) in [5, 5.41) is 8.66. The maximum atomic E-state index is 10.9. The van der Waals surface area contributed by atoms with Gasteiger partial charge in [-0.05, 0) is 6.07 Å². The van der Waals surface area contributed by atoms with Crippen molar-refractivity contribution in [2.45, 2.75) is 6.92 Å². The maximum Gasteiger partial charge on any atom is 0.196 e. The van der Waals surface area contributed by atoms with E-state index in [0.717, 1.165) is 0 Å². The third-order valence-corrected chi connectivity index (χ3v) is 1.75. The van der Waals surface area contributed by atoms with Crippen LogP contribution >= 0.6 is 0 Å². The van der Waals surface area contributed by atoms with E-state index < -0.39 is 0 Å². The molecule has 4 heteroatoms. The van der Waals surface area contributed by atoms with E-state index in [9.17, 15) is 4.79 Å². The van der Waals surface area contributed by atoms with Gasteiger partial charge in [0.15, 0.2) is 17.4 Å². The first-order valence-corrected chi connectivity index (χ1v) is 4.08. The lowest BCUT2D eigenvalue weighted by atomic mass is 10.3. The second kappa shape index (κ2) is 4.09. The zero-order valence-corrected chi connectivity index (χ0v) is 7.78. The first kappa shape index (κ1) is 9.80. The summed E-state index contributed by atoms with van der Waals surface area (Å²) in [6, 6.07) is 3.35. The average Bonchev–Trinajstić information content (AvgIpc) is 2.52.